The molecule has 1 N–H and O–H groups in total. The Morgan fingerprint density at radius 1 is 1.50 bits per heavy atom. The van der Waals surface area contributed by atoms with E-state index in [1.165, 1.54) is 0 Å². The van der Waals surface area contributed by atoms with Crippen LogP contribution in [0, 0.1) is 6.92 Å². The number of pyridine rings is 1. The zero-order valence-corrected chi connectivity index (χ0v) is 8.33. The number of anilines is 1. The van der Waals surface area contributed by atoms with E-state index in [9.17, 15) is 4.39 Å². The highest BCUT2D eigenvalue weighted by Crippen LogP contribution is 2.25. The Hall–Kier alpha value is -1.12. The summed E-state index contributed by atoms with van der Waals surface area (Å²) in [6, 6.07) is 3.83. The lowest BCUT2D eigenvalue weighted by Crippen LogP contribution is -2.24. The van der Waals surface area contributed by atoms with Crippen LogP contribution in [0.25, 0.3) is 0 Å². The third-order valence-corrected chi connectivity index (χ3v) is 2.68. The first-order valence-electron chi connectivity index (χ1n) is 5.09. The van der Waals surface area contributed by atoms with Crippen molar-refractivity contribution in [2.24, 2.45) is 0 Å². The van der Waals surface area contributed by atoms with Crippen molar-refractivity contribution < 1.29 is 4.39 Å². The van der Waals surface area contributed by atoms with Gasteiger partial charge in [-0.05, 0) is 38.3 Å². The molecule has 0 unspecified atom stereocenters. The molecule has 2 nitrogen and oxygen atoms in total. The summed E-state index contributed by atoms with van der Waals surface area (Å²) in [6.45, 7) is 1.94. The van der Waals surface area contributed by atoms with Crippen LogP contribution >= 0.6 is 0 Å². The fourth-order valence-corrected chi connectivity index (χ4v) is 1.93. The van der Waals surface area contributed by atoms with Crippen LogP contribution in [-0.4, -0.2) is 17.2 Å². The first-order valence-corrected chi connectivity index (χ1v) is 5.09. The number of aryl methyl sites for hydroxylation is 1. The summed E-state index contributed by atoms with van der Waals surface area (Å²) in [5.41, 5.74) is 1.94. The minimum absolute atomic E-state index is 0.00296. The van der Waals surface area contributed by atoms with E-state index < -0.39 is 6.17 Å². The van der Waals surface area contributed by atoms with Gasteiger partial charge in [-0.1, -0.05) is 0 Å². The van der Waals surface area contributed by atoms with E-state index in [0.717, 1.165) is 24.2 Å². The van der Waals surface area contributed by atoms with Crippen molar-refractivity contribution >= 4 is 5.69 Å². The van der Waals surface area contributed by atoms with Crippen LogP contribution in [0.5, 0.6) is 0 Å². The molecule has 76 valence electrons. The van der Waals surface area contributed by atoms with Gasteiger partial charge >= 0.3 is 0 Å². The number of nitrogens with zero attached hydrogens (tertiary/aromatic N) is 1. The molecule has 2 rings (SSSR count). The van der Waals surface area contributed by atoms with Gasteiger partial charge in [0.2, 0.25) is 0 Å². The second kappa shape index (κ2) is 3.95. The smallest absolute Gasteiger partial charge is 0.120 e. The van der Waals surface area contributed by atoms with Gasteiger partial charge in [0.15, 0.2) is 0 Å². The SMILES string of the molecule is Cc1cc(N[C@H]2CCC[C@H]2F)ccn1. The lowest BCUT2D eigenvalue weighted by molar-refractivity contribution is 0.323. The Balaban J connectivity index is 2.03. The predicted molar refractivity (Wildman–Crippen MR) is 55.1 cm³/mol. The fourth-order valence-electron chi connectivity index (χ4n) is 1.93. The highest BCUT2D eigenvalue weighted by atomic mass is 19.1. The number of alkyl halides is 1. The Morgan fingerprint density at radius 3 is 3.00 bits per heavy atom. The molecule has 3 heteroatoms. The highest BCUT2D eigenvalue weighted by Gasteiger charge is 2.26. The van der Waals surface area contributed by atoms with E-state index in [4.69, 9.17) is 0 Å². The number of hydrogen-bond donors (Lipinski definition) is 1. The third kappa shape index (κ3) is 2.03. The van der Waals surface area contributed by atoms with Crippen molar-refractivity contribution in [2.45, 2.75) is 38.4 Å². The highest BCUT2D eigenvalue weighted by molar-refractivity contribution is 5.44. The summed E-state index contributed by atoms with van der Waals surface area (Å²) >= 11 is 0. The van der Waals surface area contributed by atoms with Crippen LogP contribution in [0.1, 0.15) is 25.0 Å². The van der Waals surface area contributed by atoms with Crippen molar-refractivity contribution in [2.75, 3.05) is 5.32 Å². The van der Waals surface area contributed by atoms with E-state index in [2.05, 4.69) is 10.3 Å². The molecule has 1 fully saturated rings. The van der Waals surface area contributed by atoms with E-state index in [-0.39, 0.29) is 6.04 Å². The summed E-state index contributed by atoms with van der Waals surface area (Å²) in [7, 11) is 0. The zero-order chi connectivity index (χ0) is 9.97. The molecule has 1 aliphatic carbocycles. The number of halogens is 1. The van der Waals surface area contributed by atoms with Crippen molar-refractivity contribution in [1.29, 1.82) is 0 Å². The molecule has 1 heterocycles. The molecule has 1 aliphatic rings. The summed E-state index contributed by atoms with van der Waals surface area (Å²) in [5, 5.41) is 3.22. The molecule has 0 bridgehead atoms. The normalized spacial score (nSPS) is 26.4. The Kier molecular flexibility index (Phi) is 2.66. The van der Waals surface area contributed by atoms with Crippen LogP contribution in [0.3, 0.4) is 0 Å². The van der Waals surface area contributed by atoms with Crippen LogP contribution in [0.2, 0.25) is 0 Å². The van der Waals surface area contributed by atoms with Crippen LogP contribution in [-0.2, 0) is 0 Å². The van der Waals surface area contributed by atoms with Crippen LogP contribution in [0.4, 0.5) is 10.1 Å². The lowest BCUT2D eigenvalue weighted by atomic mass is 10.2. The first-order chi connectivity index (χ1) is 6.75. The minimum atomic E-state index is -0.691. The van der Waals surface area contributed by atoms with Gasteiger partial charge in [0.1, 0.15) is 6.17 Å². The molecule has 0 aliphatic heterocycles. The van der Waals surface area contributed by atoms with Crippen molar-refractivity contribution in [3.05, 3.63) is 24.0 Å². The summed E-state index contributed by atoms with van der Waals surface area (Å²) in [4.78, 5) is 4.10. The van der Waals surface area contributed by atoms with Gasteiger partial charge in [0, 0.05) is 17.6 Å². The average molecular weight is 194 g/mol. The molecule has 2 atom stereocenters. The Bertz CT molecular complexity index is 314. The maximum atomic E-state index is 13.3. The molecule has 14 heavy (non-hydrogen) atoms. The average Bonchev–Trinajstić information content (AvgIpc) is 2.52. The molecule has 0 saturated heterocycles. The first kappa shape index (κ1) is 9.44. The fraction of sp³-hybridized carbons (Fsp3) is 0.545. The maximum Gasteiger partial charge on any atom is 0.120 e. The molecular formula is C11H15FN2. The third-order valence-electron chi connectivity index (χ3n) is 2.68. The molecule has 0 spiro atoms. The van der Waals surface area contributed by atoms with Gasteiger partial charge < -0.3 is 5.32 Å². The molecule has 0 radical (unpaired) electrons. The van der Waals surface area contributed by atoms with E-state index >= 15 is 0 Å². The van der Waals surface area contributed by atoms with E-state index in [1.807, 2.05) is 19.1 Å². The van der Waals surface area contributed by atoms with Gasteiger partial charge in [0.05, 0.1) is 6.04 Å². The molecule has 0 aromatic carbocycles. The number of nitrogens with one attached hydrogen (secondary N) is 1. The second-order valence-corrected chi connectivity index (χ2v) is 3.88. The standard InChI is InChI=1S/C11H15FN2/c1-8-7-9(5-6-13-8)14-11-4-2-3-10(11)12/h5-7,10-11H,2-4H2,1H3,(H,13,14)/t10-,11+/m1/s1. The van der Waals surface area contributed by atoms with Gasteiger partial charge in [-0.25, -0.2) is 4.39 Å². The van der Waals surface area contributed by atoms with Crippen molar-refractivity contribution in [3.8, 4) is 0 Å². The molecule has 1 aromatic heterocycles. The maximum absolute atomic E-state index is 13.3. The summed E-state index contributed by atoms with van der Waals surface area (Å²) < 4.78 is 13.3. The number of aromatic nitrogens is 1. The van der Waals surface area contributed by atoms with Crippen molar-refractivity contribution in [3.63, 3.8) is 0 Å². The Labute approximate surface area is 83.6 Å². The van der Waals surface area contributed by atoms with Gasteiger partial charge in [-0.2, -0.15) is 0 Å². The van der Waals surface area contributed by atoms with E-state index in [1.54, 1.807) is 6.20 Å². The summed E-state index contributed by atoms with van der Waals surface area (Å²) in [6.07, 6.45) is 3.68. The van der Waals surface area contributed by atoms with Crippen molar-refractivity contribution in [1.82, 2.24) is 4.98 Å². The lowest BCUT2D eigenvalue weighted by Gasteiger charge is -2.16. The largest absolute Gasteiger partial charge is 0.379 e. The number of rotatable bonds is 2. The van der Waals surface area contributed by atoms with Gasteiger partial charge in [0.25, 0.3) is 0 Å². The van der Waals surface area contributed by atoms with Gasteiger partial charge in [-0.3, -0.25) is 4.98 Å². The second-order valence-electron chi connectivity index (χ2n) is 3.88. The van der Waals surface area contributed by atoms with E-state index in [0.29, 0.717) is 6.42 Å². The molecule has 1 aromatic rings. The molecule has 1 saturated carbocycles. The van der Waals surface area contributed by atoms with Gasteiger partial charge in [-0.15, -0.1) is 0 Å². The molecule has 0 amide bonds. The quantitative estimate of drug-likeness (QED) is 0.783. The molecular weight excluding hydrogens is 179 g/mol. The zero-order valence-electron chi connectivity index (χ0n) is 8.33. The van der Waals surface area contributed by atoms with Crippen LogP contribution in [0.15, 0.2) is 18.3 Å². The Morgan fingerprint density at radius 2 is 2.36 bits per heavy atom. The predicted octanol–water partition coefficient (Wildman–Crippen LogP) is 2.69. The topological polar surface area (TPSA) is 24.9 Å². The summed E-state index contributed by atoms with van der Waals surface area (Å²) in [5.74, 6) is 0. The minimum Gasteiger partial charge on any atom is -0.379 e. The van der Waals surface area contributed by atoms with Crippen LogP contribution < -0.4 is 5.32 Å². The number of hydrogen-bond acceptors (Lipinski definition) is 2. The monoisotopic (exact) mass is 194 g/mol.